The second-order valence-electron chi connectivity index (χ2n) is 6.07. The minimum atomic E-state index is 0.0358. The molecule has 25 heavy (non-hydrogen) atoms. The summed E-state index contributed by atoms with van der Waals surface area (Å²) in [5, 5.41) is 0. The Balaban J connectivity index is 1.31. The molecule has 1 fully saturated rings. The van der Waals surface area contributed by atoms with E-state index in [2.05, 4.69) is 9.97 Å². The highest BCUT2D eigenvalue weighted by molar-refractivity contribution is 5.94. The van der Waals surface area contributed by atoms with Crippen molar-refractivity contribution in [2.75, 3.05) is 13.1 Å². The molecule has 1 saturated heterocycles. The SMILES string of the molecule is O=C(c1ccc(Cn2ccnc2)cc1)N1CC(Oc2cccnc2)C1. The fraction of sp³-hybridized carbons (Fsp3) is 0.211. The van der Waals surface area contributed by atoms with Crippen LogP contribution >= 0.6 is 0 Å². The summed E-state index contributed by atoms with van der Waals surface area (Å²) in [5.74, 6) is 0.781. The van der Waals surface area contributed by atoms with Crippen molar-refractivity contribution in [1.82, 2.24) is 19.4 Å². The van der Waals surface area contributed by atoms with Crippen molar-refractivity contribution < 1.29 is 9.53 Å². The number of likely N-dealkylation sites (tertiary alicyclic amines) is 1. The molecule has 126 valence electrons. The Bertz CT molecular complexity index is 826. The first-order chi connectivity index (χ1) is 12.3. The van der Waals surface area contributed by atoms with Gasteiger partial charge in [-0.2, -0.15) is 0 Å². The average Bonchev–Trinajstić information content (AvgIpc) is 3.12. The van der Waals surface area contributed by atoms with Gasteiger partial charge in [0.1, 0.15) is 11.9 Å². The summed E-state index contributed by atoms with van der Waals surface area (Å²) in [7, 11) is 0. The van der Waals surface area contributed by atoms with Crippen molar-refractivity contribution in [1.29, 1.82) is 0 Å². The molecule has 0 bridgehead atoms. The molecule has 1 aliphatic rings. The van der Waals surface area contributed by atoms with E-state index in [0.29, 0.717) is 18.7 Å². The van der Waals surface area contributed by atoms with Crippen LogP contribution in [0.15, 0.2) is 67.5 Å². The molecule has 6 nitrogen and oxygen atoms in total. The summed E-state index contributed by atoms with van der Waals surface area (Å²) in [4.78, 5) is 22.3. The largest absolute Gasteiger partial charge is 0.485 e. The molecule has 0 saturated carbocycles. The molecule has 1 aromatic carbocycles. The molecule has 4 rings (SSSR count). The predicted octanol–water partition coefficient (Wildman–Crippen LogP) is 2.23. The van der Waals surface area contributed by atoms with E-state index in [1.165, 1.54) is 0 Å². The van der Waals surface area contributed by atoms with Gasteiger partial charge in [0, 0.05) is 30.7 Å². The van der Waals surface area contributed by atoms with Gasteiger partial charge in [-0.05, 0) is 29.8 Å². The van der Waals surface area contributed by atoms with Crippen molar-refractivity contribution in [3.8, 4) is 5.75 Å². The molecule has 0 atom stereocenters. The highest BCUT2D eigenvalue weighted by atomic mass is 16.5. The molecule has 0 spiro atoms. The van der Waals surface area contributed by atoms with E-state index in [9.17, 15) is 4.79 Å². The number of carbonyl (C=O) groups is 1. The maximum atomic E-state index is 12.5. The van der Waals surface area contributed by atoms with E-state index in [-0.39, 0.29) is 12.0 Å². The molecule has 3 heterocycles. The lowest BCUT2D eigenvalue weighted by atomic mass is 10.1. The fourth-order valence-corrected chi connectivity index (χ4v) is 2.81. The first kappa shape index (κ1) is 15.4. The van der Waals surface area contributed by atoms with Gasteiger partial charge in [0.05, 0.1) is 25.6 Å². The van der Waals surface area contributed by atoms with Crippen molar-refractivity contribution in [3.05, 3.63) is 78.6 Å². The Kier molecular flexibility index (Phi) is 4.16. The molecule has 3 aromatic rings. The van der Waals surface area contributed by atoms with Crippen LogP contribution in [0.25, 0.3) is 0 Å². The Morgan fingerprint density at radius 2 is 1.96 bits per heavy atom. The number of rotatable bonds is 5. The van der Waals surface area contributed by atoms with E-state index in [1.807, 2.05) is 47.2 Å². The summed E-state index contributed by atoms with van der Waals surface area (Å²) >= 11 is 0. The lowest BCUT2D eigenvalue weighted by molar-refractivity contribution is 0.0176. The van der Waals surface area contributed by atoms with E-state index < -0.39 is 0 Å². The van der Waals surface area contributed by atoms with E-state index in [0.717, 1.165) is 17.9 Å². The predicted molar refractivity (Wildman–Crippen MR) is 92.3 cm³/mol. The fourth-order valence-electron chi connectivity index (χ4n) is 2.81. The molecule has 2 aromatic heterocycles. The van der Waals surface area contributed by atoms with Crippen LogP contribution in [0.3, 0.4) is 0 Å². The number of pyridine rings is 1. The van der Waals surface area contributed by atoms with Crippen LogP contribution in [0.4, 0.5) is 0 Å². The second kappa shape index (κ2) is 6.76. The highest BCUT2D eigenvalue weighted by Crippen LogP contribution is 2.19. The molecule has 0 radical (unpaired) electrons. The van der Waals surface area contributed by atoms with Gasteiger partial charge in [0.15, 0.2) is 0 Å². The van der Waals surface area contributed by atoms with Crippen molar-refractivity contribution in [2.45, 2.75) is 12.6 Å². The lowest BCUT2D eigenvalue weighted by Crippen LogP contribution is -2.56. The number of ether oxygens (including phenoxy) is 1. The summed E-state index contributed by atoms with van der Waals surface area (Å²) < 4.78 is 7.77. The second-order valence-corrected chi connectivity index (χ2v) is 6.07. The van der Waals surface area contributed by atoms with Crippen LogP contribution in [0.2, 0.25) is 0 Å². The van der Waals surface area contributed by atoms with Crippen LogP contribution in [-0.4, -0.2) is 44.5 Å². The number of aromatic nitrogens is 3. The Morgan fingerprint density at radius 1 is 1.12 bits per heavy atom. The van der Waals surface area contributed by atoms with E-state index in [4.69, 9.17) is 4.74 Å². The molecule has 0 unspecified atom stereocenters. The monoisotopic (exact) mass is 334 g/mol. The van der Waals surface area contributed by atoms with Crippen LogP contribution in [0.1, 0.15) is 15.9 Å². The summed E-state index contributed by atoms with van der Waals surface area (Å²) in [6, 6.07) is 11.4. The van der Waals surface area contributed by atoms with E-state index >= 15 is 0 Å². The van der Waals surface area contributed by atoms with Gasteiger partial charge in [0.25, 0.3) is 5.91 Å². The first-order valence-electron chi connectivity index (χ1n) is 8.18. The summed E-state index contributed by atoms with van der Waals surface area (Å²) in [5.41, 5.74) is 1.84. The van der Waals surface area contributed by atoms with Gasteiger partial charge in [0.2, 0.25) is 0 Å². The number of hydrogen-bond donors (Lipinski definition) is 0. The topological polar surface area (TPSA) is 60.2 Å². The van der Waals surface area contributed by atoms with Gasteiger partial charge in [-0.15, -0.1) is 0 Å². The molecule has 0 N–H and O–H groups in total. The zero-order chi connectivity index (χ0) is 17.1. The van der Waals surface area contributed by atoms with Gasteiger partial charge in [-0.1, -0.05) is 12.1 Å². The Labute approximate surface area is 145 Å². The van der Waals surface area contributed by atoms with Crippen LogP contribution < -0.4 is 4.74 Å². The molecular weight excluding hydrogens is 316 g/mol. The van der Waals surface area contributed by atoms with Crippen LogP contribution in [-0.2, 0) is 6.54 Å². The van der Waals surface area contributed by atoms with Gasteiger partial charge in [-0.25, -0.2) is 4.98 Å². The normalized spacial score (nSPS) is 14.2. The number of carbonyl (C=O) groups excluding carboxylic acids is 1. The average molecular weight is 334 g/mol. The smallest absolute Gasteiger partial charge is 0.254 e. The van der Waals surface area contributed by atoms with Crippen LogP contribution in [0.5, 0.6) is 5.75 Å². The minimum Gasteiger partial charge on any atom is -0.485 e. The lowest BCUT2D eigenvalue weighted by Gasteiger charge is -2.38. The Morgan fingerprint density at radius 3 is 2.64 bits per heavy atom. The number of hydrogen-bond acceptors (Lipinski definition) is 4. The van der Waals surface area contributed by atoms with E-state index in [1.54, 1.807) is 29.8 Å². The van der Waals surface area contributed by atoms with Crippen molar-refractivity contribution >= 4 is 5.91 Å². The molecule has 0 aliphatic carbocycles. The quantitative estimate of drug-likeness (QED) is 0.718. The molecule has 1 aliphatic heterocycles. The maximum Gasteiger partial charge on any atom is 0.254 e. The third-order valence-electron chi connectivity index (χ3n) is 4.20. The van der Waals surface area contributed by atoms with Gasteiger partial charge < -0.3 is 14.2 Å². The number of imidazole rings is 1. The van der Waals surface area contributed by atoms with Crippen molar-refractivity contribution in [2.24, 2.45) is 0 Å². The van der Waals surface area contributed by atoms with Crippen LogP contribution in [0, 0.1) is 0 Å². The zero-order valence-corrected chi connectivity index (χ0v) is 13.7. The van der Waals surface area contributed by atoms with Gasteiger partial charge in [-0.3, -0.25) is 9.78 Å². The summed E-state index contributed by atoms with van der Waals surface area (Å²) in [6.07, 6.45) is 8.88. The Hall–Kier alpha value is -3.15. The molecular formula is C19H18N4O2. The summed E-state index contributed by atoms with van der Waals surface area (Å²) in [6.45, 7) is 1.95. The minimum absolute atomic E-state index is 0.0358. The highest BCUT2D eigenvalue weighted by Gasteiger charge is 2.32. The number of benzene rings is 1. The number of nitrogens with zero attached hydrogens (tertiary/aromatic N) is 4. The number of amides is 1. The first-order valence-corrected chi connectivity index (χ1v) is 8.18. The van der Waals surface area contributed by atoms with Crippen molar-refractivity contribution in [3.63, 3.8) is 0 Å². The maximum absolute atomic E-state index is 12.5. The zero-order valence-electron chi connectivity index (χ0n) is 13.7. The standard InChI is InChI=1S/C19H18N4O2/c24-19(23-12-18(13-23)25-17-2-1-7-20-10-17)16-5-3-15(4-6-16)11-22-9-8-21-14-22/h1-10,14,18H,11-13H2. The molecule has 1 amide bonds. The third-order valence-corrected chi connectivity index (χ3v) is 4.20. The molecule has 6 heteroatoms. The third kappa shape index (κ3) is 3.52. The van der Waals surface area contributed by atoms with Gasteiger partial charge >= 0.3 is 0 Å².